The number of nitro groups is 1. The number of non-ortho nitro benzene ring substituents is 1. The van der Waals surface area contributed by atoms with E-state index in [9.17, 15) is 23.3 Å². The number of methoxy groups -OCH3 is 1. The Morgan fingerprint density at radius 1 is 1.17 bits per heavy atom. The van der Waals surface area contributed by atoms with Crippen molar-refractivity contribution < 1.29 is 22.9 Å². The van der Waals surface area contributed by atoms with E-state index in [1.807, 2.05) is 0 Å². The summed E-state index contributed by atoms with van der Waals surface area (Å²) in [5.74, 6) is -0.0925. The number of rotatable bonds is 8. The van der Waals surface area contributed by atoms with Gasteiger partial charge in [-0.25, -0.2) is 13.8 Å². The van der Waals surface area contributed by atoms with Gasteiger partial charge in [0.1, 0.15) is 11.8 Å². The number of ether oxygens (including phenoxy) is 1. The third-order valence-corrected chi connectivity index (χ3v) is 5.49. The van der Waals surface area contributed by atoms with Gasteiger partial charge in [0.15, 0.2) is 0 Å². The number of carbonyl (C=O) groups excluding carboxylic acids is 1. The van der Waals surface area contributed by atoms with E-state index in [1.54, 1.807) is 19.1 Å². The number of benzene rings is 2. The molecule has 0 spiro atoms. The molecule has 0 aliphatic carbocycles. The molecule has 0 aliphatic heterocycles. The number of hydrazone groups is 1. The van der Waals surface area contributed by atoms with Crippen LogP contribution in [0.15, 0.2) is 53.6 Å². The number of sulfonamides is 1. The highest BCUT2D eigenvalue weighted by Crippen LogP contribution is 2.23. The number of nitrogens with zero attached hydrogens (tertiary/aromatic N) is 3. The number of hydrogen-bond acceptors (Lipinski definition) is 7. The maximum atomic E-state index is 12.6. The highest BCUT2D eigenvalue weighted by atomic mass is 32.2. The minimum absolute atomic E-state index is 0.0625. The van der Waals surface area contributed by atoms with Crippen LogP contribution in [0.5, 0.6) is 5.75 Å². The Morgan fingerprint density at radius 2 is 1.73 bits per heavy atom. The summed E-state index contributed by atoms with van der Waals surface area (Å²) in [6, 6.07) is 10.8. The third kappa shape index (κ3) is 5.54. The fraction of sp³-hybridized carbons (Fsp3) is 0.263. The van der Waals surface area contributed by atoms with E-state index in [-0.39, 0.29) is 5.69 Å². The lowest BCUT2D eigenvalue weighted by Crippen LogP contribution is -2.46. The molecule has 0 unspecified atom stereocenters. The Bertz CT molecular complexity index is 1050. The maximum Gasteiger partial charge on any atom is 0.269 e. The molecule has 10 nitrogen and oxygen atoms in total. The average Bonchev–Trinajstić information content (AvgIpc) is 2.71. The first kappa shape index (κ1) is 22.8. The molecule has 0 radical (unpaired) electrons. The van der Waals surface area contributed by atoms with Crippen molar-refractivity contribution in [3.8, 4) is 5.75 Å². The molecule has 2 aromatic rings. The van der Waals surface area contributed by atoms with Crippen molar-refractivity contribution in [1.82, 2.24) is 5.43 Å². The lowest BCUT2D eigenvalue weighted by molar-refractivity contribution is -0.384. The molecule has 0 saturated carbocycles. The van der Waals surface area contributed by atoms with Gasteiger partial charge in [-0.1, -0.05) is 0 Å². The first-order valence-electron chi connectivity index (χ1n) is 8.77. The summed E-state index contributed by atoms with van der Waals surface area (Å²) in [5.41, 5.74) is 3.56. The number of carbonyl (C=O) groups is 1. The van der Waals surface area contributed by atoms with Crippen LogP contribution in [0.4, 0.5) is 11.4 Å². The van der Waals surface area contributed by atoms with Crippen LogP contribution in [0.1, 0.15) is 19.4 Å². The molecule has 0 aliphatic rings. The molecule has 30 heavy (non-hydrogen) atoms. The highest BCUT2D eigenvalue weighted by Gasteiger charge is 2.29. The molecule has 11 heteroatoms. The van der Waals surface area contributed by atoms with E-state index < -0.39 is 26.9 Å². The maximum absolute atomic E-state index is 12.6. The zero-order chi connectivity index (χ0) is 22.5. The van der Waals surface area contributed by atoms with Gasteiger partial charge in [-0.2, -0.15) is 5.10 Å². The van der Waals surface area contributed by atoms with E-state index in [0.29, 0.717) is 22.7 Å². The van der Waals surface area contributed by atoms with Crippen LogP contribution in [0, 0.1) is 10.1 Å². The molecule has 0 bridgehead atoms. The van der Waals surface area contributed by atoms with Crippen LogP contribution >= 0.6 is 0 Å². The number of nitrogens with one attached hydrogen (secondary N) is 1. The van der Waals surface area contributed by atoms with Gasteiger partial charge in [0.2, 0.25) is 10.0 Å². The van der Waals surface area contributed by atoms with Crippen LogP contribution in [0.25, 0.3) is 0 Å². The molecule has 0 aromatic heterocycles. The molecule has 0 saturated heterocycles. The second-order valence-corrected chi connectivity index (χ2v) is 8.27. The van der Waals surface area contributed by atoms with Gasteiger partial charge in [-0.15, -0.1) is 0 Å². The van der Waals surface area contributed by atoms with Crippen molar-refractivity contribution in [2.24, 2.45) is 5.10 Å². The Hall–Kier alpha value is -3.47. The van der Waals surface area contributed by atoms with E-state index in [2.05, 4.69) is 10.5 Å². The van der Waals surface area contributed by atoms with Gasteiger partial charge in [0.05, 0.1) is 29.7 Å². The predicted molar refractivity (Wildman–Crippen MR) is 113 cm³/mol. The summed E-state index contributed by atoms with van der Waals surface area (Å²) in [4.78, 5) is 22.8. The van der Waals surface area contributed by atoms with Gasteiger partial charge in [0.25, 0.3) is 11.6 Å². The number of hydrogen-bond donors (Lipinski definition) is 1. The van der Waals surface area contributed by atoms with Crippen LogP contribution in [0.2, 0.25) is 0 Å². The Balaban J connectivity index is 2.20. The standard InChI is InChI=1S/C19H22N4O6S/c1-13(15-5-7-17(8-6-15)23(25)26)20-21-19(24)14(2)22(30(4,27)28)16-9-11-18(29-3)12-10-16/h5-12,14H,1-4H3,(H,21,24)/b20-13-/t14-/m1/s1. The fourth-order valence-electron chi connectivity index (χ4n) is 2.66. The summed E-state index contributed by atoms with van der Waals surface area (Å²) >= 11 is 0. The number of amides is 1. The van der Waals surface area contributed by atoms with E-state index >= 15 is 0 Å². The van der Waals surface area contributed by atoms with Crippen molar-refractivity contribution >= 4 is 33.0 Å². The SMILES string of the molecule is COc1ccc(N([C@H](C)C(=O)N/N=C(/C)c2ccc([N+](=O)[O-])cc2)S(C)(=O)=O)cc1. The topological polar surface area (TPSA) is 131 Å². The first-order chi connectivity index (χ1) is 14.0. The lowest BCUT2D eigenvalue weighted by atomic mass is 10.1. The smallest absolute Gasteiger partial charge is 0.269 e. The lowest BCUT2D eigenvalue weighted by Gasteiger charge is -2.27. The van der Waals surface area contributed by atoms with Gasteiger partial charge in [0, 0.05) is 12.1 Å². The van der Waals surface area contributed by atoms with Crippen LogP contribution in [-0.2, 0) is 14.8 Å². The van der Waals surface area contributed by atoms with Gasteiger partial charge < -0.3 is 4.74 Å². The first-order valence-corrected chi connectivity index (χ1v) is 10.6. The molecule has 2 aromatic carbocycles. The number of anilines is 1. The second kappa shape index (κ2) is 9.35. The van der Waals surface area contributed by atoms with Crippen molar-refractivity contribution in [3.63, 3.8) is 0 Å². The van der Waals surface area contributed by atoms with Gasteiger partial charge >= 0.3 is 0 Å². The largest absolute Gasteiger partial charge is 0.497 e. The molecular weight excluding hydrogens is 412 g/mol. The van der Waals surface area contributed by atoms with Crippen LogP contribution in [0.3, 0.4) is 0 Å². The number of nitro benzene ring substituents is 1. The van der Waals surface area contributed by atoms with Gasteiger partial charge in [-0.05, 0) is 55.8 Å². The summed E-state index contributed by atoms with van der Waals surface area (Å²) in [6.45, 7) is 3.06. The summed E-state index contributed by atoms with van der Waals surface area (Å²) in [6.07, 6.45) is 1.01. The van der Waals surface area contributed by atoms with Crippen LogP contribution in [-0.4, -0.2) is 44.4 Å². The molecule has 1 N–H and O–H groups in total. The minimum Gasteiger partial charge on any atom is -0.497 e. The Kier molecular flexibility index (Phi) is 7.11. The summed E-state index contributed by atoms with van der Waals surface area (Å²) < 4.78 is 30.7. The molecular formula is C19H22N4O6S. The summed E-state index contributed by atoms with van der Waals surface area (Å²) in [5, 5.41) is 14.7. The quantitative estimate of drug-likeness (QED) is 0.385. The van der Waals surface area contributed by atoms with Crippen molar-refractivity contribution in [2.75, 3.05) is 17.7 Å². The van der Waals surface area contributed by atoms with Crippen molar-refractivity contribution in [2.45, 2.75) is 19.9 Å². The van der Waals surface area contributed by atoms with Crippen LogP contribution < -0.4 is 14.5 Å². The van der Waals surface area contributed by atoms with Crippen molar-refractivity contribution in [1.29, 1.82) is 0 Å². The molecule has 160 valence electrons. The zero-order valence-electron chi connectivity index (χ0n) is 16.9. The highest BCUT2D eigenvalue weighted by molar-refractivity contribution is 7.92. The molecule has 0 fully saturated rings. The third-order valence-electron chi connectivity index (χ3n) is 4.25. The normalized spacial score (nSPS) is 12.7. The zero-order valence-corrected chi connectivity index (χ0v) is 17.7. The monoisotopic (exact) mass is 434 g/mol. The van der Waals surface area contributed by atoms with E-state index in [1.165, 1.54) is 50.4 Å². The van der Waals surface area contributed by atoms with E-state index in [4.69, 9.17) is 4.74 Å². The second-order valence-electron chi connectivity index (χ2n) is 6.41. The van der Waals surface area contributed by atoms with Crippen molar-refractivity contribution in [3.05, 3.63) is 64.2 Å². The minimum atomic E-state index is -3.77. The molecule has 2 rings (SSSR count). The Morgan fingerprint density at radius 3 is 2.20 bits per heavy atom. The summed E-state index contributed by atoms with van der Waals surface area (Å²) in [7, 11) is -2.28. The molecule has 1 amide bonds. The van der Waals surface area contributed by atoms with E-state index in [0.717, 1.165) is 10.6 Å². The fourth-order valence-corrected chi connectivity index (χ4v) is 3.83. The Labute approximate surface area is 174 Å². The van der Waals surface area contributed by atoms with Gasteiger partial charge in [-0.3, -0.25) is 19.2 Å². The predicted octanol–water partition coefficient (Wildman–Crippen LogP) is 2.30. The molecule has 0 heterocycles. The average molecular weight is 434 g/mol. The molecule has 1 atom stereocenters.